The van der Waals surface area contributed by atoms with E-state index in [-0.39, 0.29) is 6.42 Å². The molecule has 1 aromatic carbocycles. The fourth-order valence-corrected chi connectivity index (χ4v) is 2.47. The van der Waals surface area contributed by atoms with Gasteiger partial charge in [-0.15, -0.1) is 0 Å². The molecule has 0 unspecified atom stereocenters. The van der Waals surface area contributed by atoms with Crippen molar-refractivity contribution < 1.29 is 4.84 Å². The first-order valence-electron chi connectivity index (χ1n) is 6.64. The summed E-state index contributed by atoms with van der Waals surface area (Å²) in [6.07, 6.45) is 6.56. The number of hydrogen-bond acceptors (Lipinski definition) is 3. The molecular weight excluding hydrogens is 236 g/mol. The van der Waals surface area contributed by atoms with Gasteiger partial charge in [-0.3, -0.25) is 0 Å². The van der Waals surface area contributed by atoms with Crippen molar-refractivity contribution in [2.75, 3.05) is 6.61 Å². The lowest BCUT2D eigenvalue weighted by Crippen LogP contribution is -2.11. The molecule has 0 bridgehead atoms. The number of rotatable bonds is 5. The molecule has 1 aromatic rings. The van der Waals surface area contributed by atoms with Gasteiger partial charge in [0.2, 0.25) is 0 Å². The minimum atomic E-state index is 0.271. The summed E-state index contributed by atoms with van der Waals surface area (Å²) in [6, 6.07) is 8.42. The van der Waals surface area contributed by atoms with Crippen LogP contribution in [0.25, 0.3) is 0 Å². The second kappa shape index (κ2) is 6.75. The van der Waals surface area contributed by atoms with Crippen LogP contribution in [0.5, 0.6) is 0 Å². The second-order valence-corrected chi connectivity index (χ2v) is 4.61. The molecule has 1 aliphatic rings. The molecule has 3 heteroatoms. The fraction of sp³-hybridized carbons (Fsp3) is 0.375. The van der Waals surface area contributed by atoms with E-state index >= 15 is 0 Å². The molecule has 0 radical (unpaired) electrons. The van der Waals surface area contributed by atoms with Crippen molar-refractivity contribution in [2.24, 2.45) is 5.16 Å². The van der Waals surface area contributed by atoms with Crippen molar-refractivity contribution in [3.8, 4) is 6.07 Å². The van der Waals surface area contributed by atoms with Gasteiger partial charge in [-0.2, -0.15) is 5.26 Å². The van der Waals surface area contributed by atoms with Crippen LogP contribution in [0, 0.1) is 11.3 Å². The summed E-state index contributed by atoms with van der Waals surface area (Å²) in [5, 5.41) is 13.1. The maximum atomic E-state index is 8.95. The first-order valence-corrected chi connectivity index (χ1v) is 6.64. The zero-order valence-corrected chi connectivity index (χ0v) is 11.1. The third-order valence-electron chi connectivity index (χ3n) is 3.32. The minimum Gasteiger partial charge on any atom is -0.391 e. The van der Waals surface area contributed by atoms with E-state index in [1.165, 1.54) is 24.0 Å². The van der Waals surface area contributed by atoms with E-state index < -0.39 is 0 Å². The summed E-state index contributed by atoms with van der Waals surface area (Å²) >= 11 is 0. The Morgan fingerprint density at radius 2 is 2.26 bits per heavy atom. The molecule has 0 N–H and O–H groups in total. The van der Waals surface area contributed by atoms with Gasteiger partial charge in [0.25, 0.3) is 0 Å². The van der Waals surface area contributed by atoms with Crippen LogP contribution in [-0.2, 0) is 17.7 Å². The number of oxime groups is 1. The van der Waals surface area contributed by atoms with Crippen LogP contribution < -0.4 is 0 Å². The standard InChI is InChI=1S/C16H18N2O/c1-2-12-19-18-16(10-11-17)15-9-5-7-13-6-3-4-8-14(13)15/h2,5,7,9H,1,3-4,6,8,10,12H2/b18-16+. The van der Waals surface area contributed by atoms with Crippen LogP contribution in [0.2, 0.25) is 0 Å². The molecule has 0 saturated carbocycles. The quantitative estimate of drug-likeness (QED) is 0.350. The van der Waals surface area contributed by atoms with Crippen LogP contribution in [0.1, 0.15) is 36.0 Å². The predicted octanol–water partition coefficient (Wildman–Crippen LogP) is 3.39. The van der Waals surface area contributed by atoms with Gasteiger partial charge in [-0.1, -0.05) is 36.0 Å². The molecular formula is C16H18N2O. The van der Waals surface area contributed by atoms with E-state index in [2.05, 4.69) is 23.9 Å². The summed E-state index contributed by atoms with van der Waals surface area (Å²) < 4.78 is 0. The maximum Gasteiger partial charge on any atom is 0.135 e. The van der Waals surface area contributed by atoms with Gasteiger partial charge in [-0.25, -0.2) is 0 Å². The lowest BCUT2D eigenvalue weighted by atomic mass is 9.86. The minimum absolute atomic E-state index is 0.271. The van der Waals surface area contributed by atoms with E-state index in [4.69, 9.17) is 10.1 Å². The molecule has 2 rings (SSSR count). The normalized spacial score (nSPS) is 14.4. The largest absolute Gasteiger partial charge is 0.391 e. The highest BCUT2D eigenvalue weighted by molar-refractivity contribution is 6.03. The summed E-state index contributed by atoms with van der Waals surface area (Å²) in [7, 11) is 0. The Kier molecular flexibility index (Phi) is 4.74. The van der Waals surface area contributed by atoms with Gasteiger partial charge in [-0.05, 0) is 36.8 Å². The van der Waals surface area contributed by atoms with Crippen LogP contribution in [0.3, 0.4) is 0 Å². The molecule has 0 saturated heterocycles. The Bertz CT molecular complexity index is 526. The summed E-state index contributed by atoms with van der Waals surface area (Å²) in [5.74, 6) is 0. The molecule has 0 spiro atoms. The number of nitrogens with zero attached hydrogens (tertiary/aromatic N) is 2. The third kappa shape index (κ3) is 3.23. The van der Waals surface area contributed by atoms with E-state index in [0.29, 0.717) is 6.61 Å². The molecule has 0 amide bonds. The molecule has 0 fully saturated rings. The van der Waals surface area contributed by atoms with E-state index in [1.54, 1.807) is 6.08 Å². The number of aryl methyl sites for hydroxylation is 1. The Morgan fingerprint density at radius 3 is 3.05 bits per heavy atom. The second-order valence-electron chi connectivity index (χ2n) is 4.61. The zero-order chi connectivity index (χ0) is 13.5. The van der Waals surface area contributed by atoms with Crippen LogP contribution >= 0.6 is 0 Å². The third-order valence-corrected chi connectivity index (χ3v) is 3.32. The molecule has 0 heterocycles. The average Bonchev–Trinajstić information content (AvgIpc) is 2.46. The Labute approximate surface area is 114 Å². The highest BCUT2D eigenvalue weighted by Gasteiger charge is 2.16. The van der Waals surface area contributed by atoms with E-state index in [9.17, 15) is 0 Å². The summed E-state index contributed by atoms with van der Waals surface area (Å²) in [6.45, 7) is 3.95. The number of benzene rings is 1. The topological polar surface area (TPSA) is 45.4 Å². The highest BCUT2D eigenvalue weighted by atomic mass is 16.6. The van der Waals surface area contributed by atoms with Gasteiger partial charge in [0.1, 0.15) is 12.3 Å². The Morgan fingerprint density at radius 1 is 1.42 bits per heavy atom. The Balaban J connectivity index is 2.33. The summed E-state index contributed by atoms with van der Waals surface area (Å²) in [4.78, 5) is 5.16. The van der Waals surface area contributed by atoms with Crippen molar-refractivity contribution in [1.29, 1.82) is 5.26 Å². The smallest absolute Gasteiger partial charge is 0.135 e. The van der Waals surface area contributed by atoms with Crippen molar-refractivity contribution in [2.45, 2.75) is 32.1 Å². The lowest BCUT2D eigenvalue weighted by molar-refractivity contribution is 0.174. The number of nitriles is 1. The van der Waals surface area contributed by atoms with Crippen LogP contribution in [0.15, 0.2) is 36.0 Å². The molecule has 1 aliphatic carbocycles. The SMILES string of the molecule is C=CCO/N=C(\CC#N)c1cccc2c1CCCC2. The maximum absolute atomic E-state index is 8.95. The molecule has 19 heavy (non-hydrogen) atoms. The highest BCUT2D eigenvalue weighted by Crippen LogP contribution is 2.25. The van der Waals surface area contributed by atoms with E-state index in [1.807, 2.05) is 12.1 Å². The fourth-order valence-electron chi connectivity index (χ4n) is 2.47. The molecule has 3 nitrogen and oxygen atoms in total. The molecule has 98 valence electrons. The molecule has 0 aliphatic heterocycles. The number of hydrogen-bond donors (Lipinski definition) is 0. The summed E-state index contributed by atoms with van der Waals surface area (Å²) in [5.41, 5.74) is 4.52. The Hall–Kier alpha value is -2.08. The van der Waals surface area contributed by atoms with Gasteiger partial charge < -0.3 is 4.84 Å². The van der Waals surface area contributed by atoms with Gasteiger partial charge in [0.15, 0.2) is 0 Å². The van der Waals surface area contributed by atoms with Crippen molar-refractivity contribution >= 4 is 5.71 Å². The first-order chi connectivity index (χ1) is 9.36. The van der Waals surface area contributed by atoms with Gasteiger partial charge in [0.05, 0.1) is 12.5 Å². The van der Waals surface area contributed by atoms with Crippen LogP contribution in [-0.4, -0.2) is 12.3 Å². The van der Waals surface area contributed by atoms with Crippen molar-refractivity contribution in [1.82, 2.24) is 0 Å². The van der Waals surface area contributed by atoms with Gasteiger partial charge >= 0.3 is 0 Å². The van der Waals surface area contributed by atoms with Gasteiger partial charge in [0, 0.05) is 5.56 Å². The first kappa shape index (κ1) is 13.4. The zero-order valence-electron chi connectivity index (χ0n) is 11.1. The van der Waals surface area contributed by atoms with Crippen molar-refractivity contribution in [3.05, 3.63) is 47.5 Å². The molecule has 0 atom stereocenters. The predicted molar refractivity (Wildman–Crippen MR) is 76.0 cm³/mol. The van der Waals surface area contributed by atoms with Crippen LogP contribution in [0.4, 0.5) is 0 Å². The molecule has 0 aromatic heterocycles. The monoisotopic (exact) mass is 254 g/mol. The lowest BCUT2D eigenvalue weighted by Gasteiger charge is -2.19. The van der Waals surface area contributed by atoms with E-state index in [0.717, 1.165) is 24.1 Å². The van der Waals surface area contributed by atoms with Crippen molar-refractivity contribution in [3.63, 3.8) is 0 Å². The average molecular weight is 254 g/mol. The number of fused-ring (bicyclic) bond motifs is 1.